The van der Waals surface area contributed by atoms with E-state index < -0.39 is 5.91 Å². The Hall–Kier alpha value is -3.77. The van der Waals surface area contributed by atoms with Crippen molar-refractivity contribution >= 4 is 34.8 Å². The van der Waals surface area contributed by atoms with Crippen LogP contribution in [0.1, 0.15) is 21.1 Å². The lowest BCUT2D eigenvalue weighted by Crippen LogP contribution is -2.13. The van der Waals surface area contributed by atoms with Crippen LogP contribution in [-0.4, -0.2) is 11.8 Å². The standard InChI is InChI=1S/C22H15ClN2O4/c23-15-5-1-4-14(12-15)18-9-10-20(29-18)22(27)25-17-7-2-6-16(13-17)24-21(26)19-8-3-11-28-19/h1-13H,(H,24,26)(H,25,27). The van der Waals surface area contributed by atoms with Crippen molar-refractivity contribution in [3.8, 4) is 11.3 Å². The summed E-state index contributed by atoms with van der Waals surface area (Å²) in [5.41, 5.74) is 1.80. The Kier molecular flexibility index (Phi) is 5.18. The first-order chi connectivity index (χ1) is 14.1. The zero-order valence-corrected chi connectivity index (χ0v) is 15.8. The summed E-state index contributed by atoms with van der Waals surface area (Å²) in [7, 11) is 0. The lowest BCUT2D eigenvalue weighted by atomic mass is 10.2. The second-order valence-electron chi connectivity index (χ2n) is 6.14. The number of hydrogen-bond donors (Lipinski definition) is 2. The average Bonchev–Trinajstić information content (AvgIpc) is 3.41. The van der Waals surface area contributed by atoms with Gasteiger partial charge in [-0.25, -0.2) is 0 Å². The van der Waals surface area contributed by atoms with Crippen LogP contribution in [0.5, 0.6) is 0 Å². The second-order valence-corrected chi connectivity index (χ2v) is 6.58. The van der Waals surface area contributed by atoms with Gasteiger partial charge in [-0.2, -0.15) is 0 Å². The van der Waals surface area contributed by atoms with Crippen LogP contribution < -0.4 is 10.6 Å². The lowest BCUT2D eigenvalue weighted by Gasteiger charge is -2.07. The number of anilines is 2. The van der Waals surface area contributed by atoms with Crippen molar-refractivity contribution in [2.45, 2.75) is 0 Å². The maximum Gasteiger partial charge on any atom is 0.291 e. The van der Waals surface area contributed by atoms with Crippen molar-refractivity contribution in [1.82, 2.24) is 0 Å². The molecule has 0 fully saturated rings. The van der Waals surface area contributed by atoms with E-state index in [4.69, 9.17) is 20.4 Å². The molecule has 0 spiro atoms. The molecular formula is C22H15ClN2O4. The molecule has 2 N–H and O–H groups in total. The molecule has 0 aliphatic carbocycles. The van der Waals surface area contributed by atoms with E-state index in [-0.39, 0.29) is 17.4 Å². The number of benzene rings is 2. The normalized spacial score (nSPS) is 10.5. The van der Waals surface area contributed by atoms with Gasteiger partial charge in [0.1, 0.15) is 5.76 Å². The SMILES string of the molecule is O=C(Nc1cccc(NC(=O)c2ccc(-c3cccc(Cl)c3)o2)c1)c1ccco1. The van der Waals surface area contributed by atoms with Crippen LogP contribution >= 0.6 is 11.6 Å². The highest BCUT2D eigenvalue weighted by Crippen LogP contribution is 2.25. The summed E-state index contributed by atoms with van der Waals surface area (Å²) in [4.78, 5) is 24.6. The van der Waals surface area contributed by atoms with Crippen LogP contribution in [-0.2, 0) is 0 Å². The highest BCUT2D eigenvalue weighted by Gasteiger charge is 2.14. The molecule has 6 nitrogen and oxygen atoms in total. The molecule has 2 aromatic carbocycles. The van der Waals surface area contributed by atoms with E-state index in [1.165, 1.54) is 6.26 Å². The molecule has 4 rings (SSSR count). The van der Waals surface area contributed by atoms with E-state index in [0.29, 0.717) is 22.2 Å². The fraction of sp³-hybridized carbons (Fsp3) is 0. The molecule has 7 heteroatoms. The van der Waals surface area contributed by atoms with Crippen LogP contribution in [0, 0.1) is 0 Å². The fourth-order valence-corrected chi connectivity index (χ4v) is 2.91. The van der Waals surface area contributed by atoms with Crippen LogP contribution in [0.3, 0.4) is 0 Å². The summed E-state index contributed by atoms with van der Waals surface area (Å²) in [5, 5.41) is 6.04. The van der Waals surface area contributed by atoms with E-state index in [9.17, 15) is 9.59 Å². The van der Waals surface area contributed by atoms with E-state index in [2.05, 4.69) is 10.6 Å². The molecule has 2 amide bonds. The van der Waals surface area contributed by atoms with Gasteiger partial charge in [0.2, 0.25) is 0 Å². The molecule has 0 bridgehead atoms. The largest absolute Gasteiger partial charge is 0.459 e. The molecule has 0 aliphatic rings. The van der Waals surface area contributed by atoms with Gasteiger partial charge in [0, 0.05) is 22.0 Å². The van der Waals surface area contributed by atoms with E-state index in [1.54, 1.807) is 60.7 Å². The first-order valence-electron chi connectivity index (χ1n) is 8.70. The van der Waals surface area contributed by atoms with Gasteiger partial charge in [-0.15, -0.1) is 0 Å². The van der Waals surface area contributed by atoms with Crippen LogP contribution in [0.25, 0.3) is 11.3 Å². The summed E-state index contributed by atoms with van der Waals surface area (Å²) in [6.07, 6.45) is 1.42. The third kappa shape index (κ3) is 4.39. The number of amides is 2. The minimum atomic E-state index is -0.409. The number of carbonyl (C=O) groups excluding carboxylic acids is 2. The van der Waals surface area contributed by atoms with Gasteiger partial charge < -0.3 is 19.5 Å². The molecule has 4 aromatic rings. The molecule has 0 unspecified atom stereocenters. The number of carbonyl (C=O) groups is 2. The number of furan rings is 2. The number of hydrogen-bond acceptors (Lipinski definition) is 4. The Morgan fingerprint density at radius 1 is 0.759 bits per heavy atom. The van der Waals surface area contributed by atoms with E-state index in [0.717, 1.165) is 5.56 Å². The Bertz CT molecular complexity index is 1170. The van der Waals surface area contributed by atoms with E-state index in [1.807, 2.05) is 12.1 Å². The molecule has 0 atom stereocenters. The zero-order chi connectivity index (χ0) is 20.2. The molecule has 29 heavy (non-hydrogen) atoms. The molecule has 2 heterocycles. The summed E-state index contributed by atoms with van der Waals surface area (Å²) >= 11 is 6.00. The molecule has 0 aliphatic heterocycles. The van der Waals surface area contributed by atoms with Gasteiger partial charge in [0.05, 0.1) is 6.26 Å². The van der Waals surface area contributed by atoms with Crippen molar-refractivity contribution in [1.29, 1.82) is 0 Å². The van der Waals surface area contributed by atoms with Crippen LogP contribution in [0.15, 0.2) is 87.9 Å². The molecule has 0 radical (unpaired) electrons. The average molecular weight is 407 g/mol. The number of halogens is 1. The maximum absolute atomic E-state index is 12.5. The van der Waals surface area contributed by atoms with Gasteiger partial charge in [-0.1, -0.05) is 29.8 Å². The topological polar surface area (TPSA) is 84.5 Å². The van der Waals surface area contributed by atoms with Crippen LogP contribution in [0.2, 0.25) is 5.02 Å². The molecule has 0 saturated heterocycles. The molecule has 144 valence electrons. The third-order valence-corrected chi connectivity index (χ3v) is 4.30. The number of rotatable bonds is 5. The van der Waals surface area contributed by atoms with Gasteiger partial charge in [-0.3, -0.25) is 9.59 Å². The van der Waals surface area contributed by atoms with Crippen molar-refractivity contribution in [3.05, 3.63) is 95.6 Å². The summed E-state index contributed by atoms with van der Waals surface area (Å²) in [6, 6.07) is 20.4. The number of nitrogens with one attached hydrogen (secondary N) is 2. The monoisotopic (exact) mass is 406 g/mol. The smallest absolute Gasteiger partial charge is 0.291 e. The predicted molar refractivity (Wildman–Crippen MR) is 110 cm³/mol. The minimum absolute atomic E-state index is 0.157. The van der Waals surface area contributed by atoms with Crippen molar-refractivity contribution in [3.63, 3.8) is 0 Å². The molecular weight excluding hydrogens is 392 g/mol. The third-order valence-electron chi connectivity index (χ3n) is 4.06. The Morgan fingerprint density at radius 3 is 2.17 bits per heavy atom. The summed E-state index contributed by atoms with van der Waals surface area (Å²) in [6.45, 7) is 0. The summed E-state index contributed by atoms with van der Waals surface area (Å²) < 4.78 is 10.7. The molecule has 2 aromatic heterocycles. The van der Waals surface area contributed by atoms with Gasteiger partial charge in [0.15, 0.2) is 11.5 Å². The fourth-order valence-electron chi connectivity index (χ4n) is 2.72. The quantitative estimate of drug-likeness (QED) is 0.445. The first-order valence-corrected chi connectivity index (χ1v) is 9.08. The predicted octanol–water partition coefficient (Wildman–Crippen LogP) is 5.70. The Labute approximate surface area is 171 Å². The van der Waals surface area contributed by atoms with Crippen molar-refractivity contribution in [2.75, 3.05) is 10.6 Å². The summed E-state index contributed by atoms with van der Waals surface area (Å²) in [5.74, 6) is 0.106. The first kappa shape index (κ1) is 18.6. The van der Waals surface area contributed by atoms with Crippen molar-refractivity contribution < 1.29 is 18.4 Å². The van der Waals surface area contributed by atoms with Gasteiger partial charge in [-0.05, 0) is 54.6 Å². The maximum atomic E-state index is 12.5. The minimum Gasteiger partial charge on any atom is -0.459 e. The zero-order valence-electron chi connectivity index (χ0n) is 15.0. The van der Waals surface area contributed by atoms with Gasteiger partial charge >= 0.3 is 0 Å². The second kappa shape index (κ2) is 8.08. The Morgan fingerprint density at radius 2 is 1.48 bits per heavy atom. The van der Waals surface area contributed by atoms with Crippen molar-refractivity contribution in [2.24, 2.45) is 0 Å². The molecule has 0 saturated carbocycles. The van der Waals surface area contributed by atoms with Crippen LogP contribution in [0.4, 0.5) is 11.4 Å². The van der Waals surface area contributed by atoms with Gasteiger partial charge in [0.25, 0.3) is 11.8 Å². The lowest BCUT2D eigenvalue weighted by molar-refractivity contribution is 0.0990. The Balaban J connectivity index is 1.45. The van der Waals surface area contributed by atoms with E-state index >= 15 is 0 Å². The highest BCUT2D eigenvalue weighted by atomic mass is 35.5. The highest BCUT2D eigenvalue weighted by molar-refractivity contribution is 6.30.